The average molecular weight is 370 g/mol. The highest BCUT2D eigenvalue weighted by Gasteiger charge is 2.15. The van der Waals surface area contributed by atoms with Crippen molar-refractivity contribution in [1.82, 2.24) is 4.98 Å². The summed E-state index contributed by atoms with van der Waals surface area (Å²) >= 11 is 6.29. The predicted molar refractivity (Wildman–Crippen MR) is 101 cm³/mol. The van der Waals surface area contributed by atoms with Crippen LogP contribution in [0, 0.1) is 11.3 Å². The van der Waals surface area contributed by atoms with Crippen LogP contribution in [-0.4, -0.2) is 26.3 Å². The zero-order valence-electron chi connectivity index (χ0n) is 14.5. The summed E-state index contributed by atoms with van der Waals surface area (Å²) in [5.41, 5.74) is 2.23. The van der Waals surface area contributed by atoms with Gasteiger partial charge in [-0.25, -0.2) is 0 Å². The third-order valence-corrected chi connectivity index (χ3v) is 4.26. The van der Waals surface area contributed by atoms with E-state index in [0.29, 0.717) is 50.1 Å². The van der Waals surface area contributed by atoms with Gasteiger partial charge in [0, 0.05) is 23.7 Å². The molecule has 2 aromatic carbocycles. The van der Waals surface area contributed by atoms with Crippen molar-refractivity contribution in [2.24, 2.45) is 0 Å². The SMILES string of the molecule is COc1ccc(Cl)c(Nc2c(C#N)cnc3cc(OC)c(OC)cc23)c1. The molecule has 3 aromatic rings. The lowest BCUT2D eigenvalue weighted by atomic mass is 10.1. The molecular weight excluding hydrogens is 354 g/mol. The van der Waals surface area contributed by atoms with Crippen molar-refractivity contribution < 1.29 is 14.2 Å². The van der Waals surface area contributed by atoms with Crippen molar-refractivity contribution in [2.75, 3.05) is 26.6 Å². The van der Waals surface area contributed by atoms with Gasteiger partial charge in [0.25, 0.3) is 0 Å². The Morgan fingerprint density at radius 1 is 1.04 bits per heavy atom. The molecule has 0 spiro atoms. The van der Waals surface area contributed by atoms with Gasteiger partial charge in [0.2, 0.25) is 0 Å². The lowest BCUT2D eigenvalue weighted by Gasteiger charge is -2.15. The number of nitriles is 1. The zero-order valence-corrected chi connectivity index (χ0v) is 15.2. The molecule has 0 aliphatic carbocycles. The number of aromatic nitrogens is 1. The Hall–Kier alpha value is -3.17. The second-order valence-electron chi connectivity index (χ2n) is 5.35. The number of nitrogens with zero attached hydrogens (tertiary/aromatic N) is 2. The first-order valence-corrected chi connectivity index (χ1v) is 8.04. The number of ether oxygens (including phenoxy) is 3. The van der Waals surface area contributed by atoms with Gasteiger partial charge < -0.3 is 19.5 Å². The summed E-state index contributed by atoms with van der Waals surface area (Å²) in [6, 6.07) is 10.9. The number of rotatable bonds is 5. The molecule has 0 aliphatic heterocycles. The van der Waals surface area contributed by atoms with Gasteiger partial charge in [-0.15, -0.1) is 0 Å². The molecule has 0 atom stereocenters. The van der Waals surface area contributed by atoms with Crippen molar-refractivity contribution >= 4 is 33.9 Å². The number of nitrogens with one attached hydrogen (secondary N) is 1. The van der Waals surface area contributed by atoms with E-state index in [1.54, 1.807) is 51.7 Å². The number of benzene rings is 2. The van der Waals surface area contributed by atoms with Crippen LogP contribution in [-0.2, 0) is 0 Å². The van der Waals surface area contributed by atoms with Gasteiger partial charge in [-0.2, -0.15) is 5.26 Å². The molecule has 1 heterocycles. The third-order valence-electron chi connectivity index (χ3n) is 3.93. The van der Waals surface area contributed by atoms with E-state index in [1.807, 2.05) is 0 Å². The van der Waals surface area contributed by atoms with E-state index in [1.165, 1.54) is 6.20 Å². The fourth-order valence-electron chi connectivity index (χ4n) is 2.60. The maximum Gasteiger partial charge on any atom is 0.162 e. The number of halogens is 1. The topological polar surface area (TPSA) is 76.4 Å². The summed E-state index contributed by atoms with van der Waals surface area (Å²) in [6.07, 6.45) is 1.50. The molecule has 0 unspecified atom stereocenters. The molecule has 3 rings (SSSR count). The fourth-order valence-corrected chi connectivity index (χ4v) is 2.77. The van der Waals surface area contributed by atoms with E-state index in [4.69, 9.17) is 25.8 Å². The highest BCUT2D eigenvalue weighted by Crippen LogP contribution is 2.38. The van der Waals surface area contributed by atoms with Gasteiger partial charge in [-0.05, 0) is 18.2 Å². The second-order valence-corrected chi connectivity index (χ2v) is 5.76. The first-order chi connectivity index (χ1) is 12.6. The number of fused-ring (bicyclic) bond motifs is 1. The molecule has 0 bridgehead atoms. The molecule has 0 amide bonds. The predicted octanol–water partition coefficient (Wildman–Crippen LogP) is 4.53. The van der Waals surface area contributed by atoms with Crippen molar-refractivity contribution in [1.29, 1.82) is 5.26 Å². The van der Waals surface area contributed by atoms with Crippen molar-refractivity contribution in [2.45, 2.75) is 0 Å². The van der Waals surface area contributed by atoms with Crippen molar-refractivity contribution in [3.8, 4) is 23.3 Å². The molecule has 132 valence electrons. The van der Waals surface area contributed by atoms with Crippen LogP contribution in [0.1, 0.15) is 5.56 Å². The van der Waals surface area contributed by atoms with Crippen LogP contribution in [0.15, 0.2) is 36.5 Å². The number of methoxy groups -OCH3 is 3. The lowest BCUT2D eigenvalue weighted by molar-refractivity contribution is 0.356. The molecule has 26 heavy (non-hydrogen) atoms. The Balaban J connectivity index is 2.22. The monoisotopic (exact) mass is 369 g/mol. The Morgan fingerprint density at radius 2 is 1.77 bits per heavy atom. The molecule has 0 saturated carbocycles. The summed E-state index contributed by atoms with van der Waals surface area (Å²) in [7, 11) is 4.69. The second kappa shape index (κ2) is 7.38. The van der Waals surface area contributed by atoms with Crippen LogP contribution in [0.5, 0.6) is 17.2 Å². The minimum atomic E-state index is 0.378. The largest absolute Gasteiger partial charge is 0.497 e. The molecule has 0 aliphatic rings. The molecule has 1 N–H and O–H groups in total. The highest BCUT2D eigenvalue weighted by molar-refractivity contribution is 6.33. The van der Waals surface area contributed by atoms with Crippen molar-refractivity contribution in [3.63, 3.8) is 0 Å². The maximum atomic E-state index is 9.51. The zero-order chi connectivity index (χ0) is 18.7. The van der Waals surface area contributed by atoms with E-state index < -0.39 is 0 Å². The summed E-state index contributed by atoms with van der Waals surface area (Å²) in [6.45, 7) is 0. The van der Waals surface area contributed by atoms with Crippen LogP contribution in [0.3, 0.4) is 0 Å². The average Bonchev–Trinajstić information content (AvgIpc) is 2.68. The normalized spacial score (nSPS) is 10.3. The quantitative estimate of drug-likeness (QED) is 0.712. The fraction of sp³-hybridized carbons (Fsp3) is 0.158. The van der Waals surface area contributed by atoms with Gasteiger partial charge in [0.15, 0.2) is 11.5 Å². The molecular formula is C19H16ClN3O3. The molecule has 6 nitrogen and oxygen atoms in total. The summed E-state index contributed by atoms with van der Waals surface area (Å²) < 4.78 is 15.9. The first-order valence-electron chi connectivity index (χ1n) is 7.66. The molecule has 0 fully saturated rings. The van der Waals surface area contributed by atoms with Gasteiger partial charge in [0.05, 0.1) is 48.8 Å². The Morgan fingerprint density at radius 3 is 2.42 bits per heavy atom. The molecule has 7 heteroatoms. The summed E-state index contributed by atoms with van der Waals surface area (Å²) in [5, 5.41) is 13.9. The van der Waals surface area contributed by atoms with E-state index in [9.17, 15) is 5.26 Å². The number of pyridine rings is 1. The Bertz CT molecular complexity index is 1020. The number of anilines is 2. The number of hydrogen-bond donors (Lipinski definition) is 1. The van der Waals surface area contributed by atoms with Crippen LogP contribution in [0.2, 0.25) is 5.02 Å². The molecule has 0 saturated heterocycles. The van der Waals surface area contributed by atoms with Crippen molar-refractivity contribution in [3.05, 3.63) is 47.1 Å². The van der Waals surface area contributed by atoms with Gasteiger partial charge >= 0.3 is 0 Å². The maximum absolute atomic E-state index is 9.51. The standard InChI is InChI=1S/C19H16ClN3O3/c1-24-12-4-5-14(20)16(6-12)23-19-11(9-21)10-22-15-8-18(26-3)17(25-2)7-13(15)19/h4-8,10H,1-3H3,(H,22,23). The van der Waals surface area contributed by atoms with Gasteiger partial charge in [0.1, 0.15) is 11.8 Å². The highest BCUT2D eigenvalue weighted by atomic mass is 35.5. The van der Waals surface area contributed by atoms with Gasteiger partial charge in [-0.3, -0.25) is 4.98 Å². The van der Waals surface area contributed by atoms with E-state index in [-0.39, 0.29) is 0 Å². The Labute approximate surface area is 155 Å². The van der Waals surface area contributed by atoms with E-state index in [0.717, 1.165) is 0 Å². The van der Waals surface area contributed by atoms with E-state index in [2.05, 4.69) is 16.4 Å². The smallest absolute Gasteiger partial charge is 0.162 e. The lowest BCUT2D eigenvalue weighted by Crippen LogP contribution is -1.99. The van der Waals surface area contributed by atoms with E-state index >= 15 is 0 Å². The van der Waals surface area contributed by atoms with Crippen LogP contribution < -0.4 is 19.5 Å². The summed E-state index contributed by atoms with van der Waals surface area (Å²) in [4.78, 5) is 4.34. The van der Waals surface area contributed by atoms with Crippen LogP contribution >= 0.6 is 11.6 Å². The third kappa shape index (κ3) is 3.17. The minimum absolute atomic E-state index is 0.378. The molecule has 0 radical (unpaired) electrons. The minimum Gasteiger partial charge on any atom is -0.497 e. The van der Waals surface area contributed by atoms with Crippen LogP contribution in [0.25, 0.3) is 10.9 Å². The van der Waals surface area contributed by atoms with Crippen LogP contribution in [0.4, 0.5) is 11.4 Å². The Kier molecular flexibility index (Phi) is 5.01. The summed E-state index contributed by atoms with van der Waals surface area (Å²) in [5.74, 6) is 1.74. The molecule has 1 aromatic heterocycles. The number of hydrogen-bond acceptors (Lipinski definition) is 6. The van der Waals surface area contributed by atoms with Gasteiger partial charge in [-0.1, -0.05) is 11.6 Å². The first kappa shape index (κ1) is 17.6.